The number of rotatable bonds is 4. The molecule has 1 atom stereocenters. The van der Waals surface area contributed by atoms with Crippen molar-refractivity contribution in [2.45, 2.75) is 32.7 Å². The molecule has 2 nitrogen and oxygen atoms in total. The predicted molar refractivity (Wildman–Crippen MR) is 55.8 cm³/mol. The van der Waals surface area contributed by atoms with Gasteiger partial charge in [0.05, 0.1) is 0 Å². The highest BCUT2D eigenvalue weighted by Crippen LogP contribution is 2.28. The van der Waals surface area contributed by atoms with E-state index in [4.69, 9.17) is 4.74 Å². The molecule has 0 aromatic carbocycles. The quantitative estimate of drug-likeness (QED) is 0.673. The second-order valence-electron chi connectivity index (χ2n) is 4.33. The smallest absolute Gasteiger partial charge is 0.0471 e. The van der Waals surface area contributed by atoms with Gasteiger partial charge in [-0.3, -0.25) is 0 Å². The molecule has 13 heavy (non-hydrogen) atoms. The van der Waals surface area contributed by atoms with Crippen LogP contribution >= 0.6 is 0 Å². The first-order valence-electron chi connectivity index (χ1n) is 5.10. The summed E-state index contributed by atoms with van der Waals surface area (Å²) in [6.45, 7) is 11.1. The van der Waals surface area contributed by atoms with E-state index in [9.17, 15) is 0 Å². The molecule has 1 aliphatic rings. The van der Waals surface area contributed by atoms with E-state index in [-0.39, 0.29) is 0 Å². The van der Waals surface area contributed by atoms with E-state index in [0.29, 0.717) is 11.5 Å². The lowest BCUT2D eigenvalue weighted by Crippen LogP contribution is -2.39. The Balaban J connectivity index is 2.28. The van der Waals surface area contributed by atoms with E-state index in [0.717, 1.165) is 19.8 Å². The molecule has 1 fully saturated rings. The topological polar surface area (TPSA) is 21.3 Å². The van der Waals surface area contributed by atoms with Crippen LogP contribution in [0.1, 0.15) is 26.7 Å². The van der Waals surface area contributed by atoms with Crippen LogP contribution in [-0.2, 0) is 4.74 Å². The maximum absolute atomic E-state index is 5.35. The molecule has 2 heteroatoms. The maximum Gasteiger partial charge on any atom is 0.0471 e. The van der Waals surface area contributed by atoms with Crippen molar-refractivity contribution in [3.63, 3.8) is 0 Å². The Morgan fingerprint density at radius 1 is 1.54 bits per heavy atom. The average Bonchev–Trinajstić information content (AvgIpc) is 2.15. The van der Waals surface area contributed by atoms with Gasteiger partial charge < -0.3 is 10.1 Å². The van der Waals surface area contributed by atoms with E-state index in [1.54, 1.807) is 0 Å². The fraction of sp³-hybridized carbons (Fsp3) is 0.818. The highest BCUT2D eigenvalue weighted by molar-refractivity contribution is 4.86. The summed E-state index contributed by atoms with van der Waals surface area (Å²) in [6, 6.07) is 0.416. The molecule has 0 saturated carbocycles. The van der Waals surface area contributed by atoms with Gasteiger partial charge in [0.15, 0.2) is 0 Å². The van der Waals surface area contributed by atoms with Gasteiger partial charge in [-0.15, -0.1) is 6.58 Å². The molecule has 1 saturated heterocycles. The van der Waals surface area contributed by atoms with Crippen molar-refractivity contribution in [3.05, 3.63) is 12.7 Å². The normalized spacial score (nSPS) is 23.8. The van der Waals surface area contributed by atoms with E-state index in [2.05, 4.69) is 25.7 Å². The van der Waals surface area contributed by atoms with Gasteiger partial charge in [-0.25, -0.2) is 0 Å². The second kappa shape index (κ2) is 4.77. The van der Waals surface area contributed by atoms with Crippen molar-refractivity contribution >= 4 is 0 Å². The Bertz CT molecular complexity index is 161. The SMILES string of the molecule is C=CC(C)NCC1(C)CCOCC1. The molecule has 1 heterocycles. The Morgan fingerprint density at radius 3 is 2.69 bits per heavy atom. The van der Waals surface area contributed by atoms with E-state index >= 15 is 0 Å². The fourth-order valence-corrected chi connectivity index (χ4v) is 1.53. The van der Waals surface area contributed by atoms with Crippen LogP contribution in [0.25, 0.3) is 0 Å². The summed E-state index contributed by atoms with van der Waals surface area (Å²) in [5.41, 5.74) is 0.426. The molecule has 1 N–H and O–H groups in total. The molecule has 76 valence electrons. The summed E-state index contributed by atoms with van der Waals surface area (Å²) in [5.74, 6) is 0. The molecule has 0 bridgehead atoms. The summed E-state index contributed by atoms with van der Waals surface area (Å²) >= 11 is 0. The molecule has 0 amide bonds. The Hall–Kier alpha value is -0.340. The van der Waals surface area contributed by atoms with E-state index < -0.39 is 0 Å². The zero-order valence-corrected chi connectivity index (χ0v) is 8.81. The van der Waals surface area contributed by atoms with Crippen molar-refractivity contribution < 1.29 is 4.74 Å². The summed E-state index contributed by atoms with van der Waals surface area (Å²) in [4.78, 5) is 0. The first-order valence-corrected chi connectivity index (χ1v) is 5.10. The van der Waals surface area contributed by atoms with E-state index in [1.165, 1.54) is 12.8 Å². The lowest BCUT2D eigenvalue weighted by Gasteiger charge is -2.34. The monoisotopic (exact) mass is 183 g/mol. The largest absolute Gasteiger partial charge is 0.381 e. The second-order valence-corrected chi connectivity index (χ2v) is 4.33. The molecular weight excluding hydrogens is 162 g/mol. The highest BCUT2D eigenvalue weighted by atomic mass is 16.5. The van der Waals surface area contributed by atoms with Gasteiger partial charge in [0.25, 0.3) is 0 Å². The molecule has 1 aliphatic heterocycles. The van der Waals surface area contributed by atoms with Gasteiger partial charge in [0, 0.05) is 25.8 Å². The molecule has 1 rings (SSSR count). The Labute approximate surface area is 81.4 Å². The van der Waals surface area contributed by atoms with Crippen LogP contribution in [0.5, 0.6) is 0 Å². The predicted octanol–water partition coefficient (Wildman–Crippen LogP) is 1.97. The summed E-state index contributed by atoms with van der Waals surface area (Å²) < 4.78 is 5.35. The number of ether oxygens (including phenoxy) is 1. The standard InChI is InChI=1S/C11H21NO/c1-4-10(2)12-9-11(3)5-7-13-8-6-11/h4,10,12H,1,5-9H2,2-3H3. The minimum Gasteiger partial charge on any atom is -0.381 e. The molecule has 0 aromatic rings. The van der Waals surface area contributed by atoms with Crippen LogP contribution < -0.4 is 5.32 Å². The molecule has 0 radical (unpaired) electrons. The third-order valence-corrected chi connectivity index (χ3v) is 2.90. The maximum atomic E-state index is 5.35. The highest BCUT2D eigenvalue weighted by Gasteiger charge is 2.26. The lowest BCUT2D eigenvalue weighted by molar-refractivity contribution is 0.0236. The van der Waals surface area contributed by atoms with Gasteiger partial charge in [-0.05, 0) is 25.2 Å². The van der Waals surface area contributed by atoms with Crippen LogP contribution in [-0.4, -0.2) is 25.8 Å². The van der Waals surface area contributed by atoms with Crippen molar-refractivity contribution in [2.75, 3.05) is 19.8 Å². The third kappa shape index (κ3) is 3.49. The third-order valence-electron chi connectivity index (χ3n) is 2.90. The summed E-state index contributed by atoms with van der Waals surface area (Å²) in [5, 5.41) is 3.47. The van der Waals surface area contributed by atoms with Crippen LogP contribution in [0.4, 0.5) is 0 Å². The number of nitrogens with one attached hydrogen (secondary N) is 1. The Morgan fingerprint density at radius 2 is 2.15 bits per heavy atom. The van der Waals surface area contributed by atoms with E-state index in [1.807, 2.05) is 6.08 Å². The van der Waals surface area contributed by atoms with Gasteiger partial charge >= 0.3 is 0 Å². The molecule has 0 aliphatic carbocycles. The van der Waals surface area contributed by atoms with Crippen LogP contribution in [0.3, 0.4) is 0 Å². The van der Waals surface area contributed by atoms with Gasteiger partial charge in [-0.2, -0.15) is 0 Å². The van der Waals surface area contributed by atoms with Gasteiger partial charge in [0.1, 0.15) is 0 Å². The van der Waals surface area contributed by atoms with Crippen molar-refractivity contribution in [1.29, 1.82) is 0 Å². The molecule has 1 unspecified atom stereocenters. The fourth-order valence-electron chi connectivity index (χ4n) is 1.53. The lowest BCUT2D eigenvalue weighted by atomic mass is 9.82. The van der Waals surface area contributed by atoms with Crippen LogP contribution in [0.15, 0.2) is 12.7 Å². The van der Waals surface area contributed by atoms with Crippen molar-refractivity contribution in [2.24, 2.45) is 5.41 Å². The summed E-state index contributed by atoms with van der Waals surface area (Å²) in [7, 11) is 0. The molecular formula is C11H21NO. The van der Waals surface area contributed by atoms with Crippen LogP contribution in [0, 0.1) is 5.41 Å². The van der Waals surface area contributed by atoms with Crippen LogP contribution in [0.2, 0.25) is 0 Å². The first kappa shape index (κ1) is 10.7. The molecule has 0 aromatic heterocycles. The average molecular weight is 183 g/mol. The first-order chi connectivity index (χ1) is 6.16. The summed E-state index contributed by atoms with van der Waals surface area (Å²) in [6.07, 6.45) is 4.29. The minimum absolute atomic E-state index is 0.416. The van der Waals surface area contributed by atoms with Gasteiger partial charge in [-0.1, -0.05) is 13.0 Å². The molecule has 0 spiro atoms. The zero-order chi connectivity index (χ0) is 9.73. The van der Waals surface area contributed by atoms with Crippen molar-refractivity contribution in [3.8, 4) is 0 Å². The van der Waals surface area contributed by atoms with Crippen molar-refractivity contribution in [1.82, 2.24) is 5.32 Å². The Kier molecular flexibility index (Phi) is 3.94. The minimum atomic E-state index is 0.416. The number of hydrogen-bond donors (Lipinski definition) is 1. The number of hydrogen-bond acceptors (Lipinski definition) is 2. The zero-order valence-electron chi connectivity index (χ0n) is 8.81. The van der Waals surface area contributed by atoms with Gasteiger partial charge in [0.2, 0.25) is 0 Å².